The molecule has 5 nitrogen and oxygen atoms in total. The average molecular weight is 408 g/mol. The molecule has 0 saturated carbocycles. The zero-order valence-electron chi connectivity index (χ0n) is 17.5. The van der Waals surface area contributed by atoms with Gasteiger partial charge < -0.3 is 19.1 Å². The normalized spacial score (nSPS) is 10.8. The van der Waals surface area contributed by atoms with Gasteiger partial charge in [-0.25, -0.2) is 0 Å². The Morgan fingerprint density at radius 1 is 1.03 bits per heavy atom. The molecular weight excluding hydrogens is 378 g/mol. The summed E-state index contributed by atoms with van der Waals surface area (Å²) in [5, 5.41) is 10.8. The highest BCUT2D eigenvalue weighted by atomic mass is 16.5. The first-order valence-electron chi connectivity index (χ1n) is 10.5. The minimum atomic E-state index is -0.255. The largest absolute Gasteiger partial charge is 0.508 e. The first-order valence-corrected chi connectivity index (χ1v) is 10.5. The molecule has 0 saturated heterocycles. The van der Waals surface area contributed by atoms with Crippen LogP contribution in [0.4, 0.5) is 0 Å². The second-order valence-electron chi connectivity index (χ2n) is 7.25. The number of hydrogen-bond donors (Lipinski definition) is 1. The van der Waals surface area contributed by atoms with Crippen molar-refractivity contribution >= 4 is 10.9 Å². The maximum atomic E-state index is 13.3. The molecule has 0 bridgehead atoms. The number of rotatable bonds is 11. The molecule has 3 aromatic rings. The maximum Gasteiger partial charge on any atom is 0.297 e. The second kappa shape index (κ2) is 10.5. The third-order valence-corrected chi connectivity index (χ3v) is 4.97. The van der Waals surface area contributed by atoms with Gasteiger partial charge in [-0.3, -0.25) is 4.79 Å². The van der Waals surface area contributed by atoms with Gasteiger partial charge in [0.1, 0.15) is 19.0 Å². The Morgan fingerprint density at radius 2 is 1.83 bits per heavy atom. The van der Waals surface area contributed by atoms with Gasteiger partial charge in [-0.1, -0.05) is 69.2 Å². The van der Waals surface area contributed by atoms with Gasteiger partial charge in [-0.05, 0) is 24.1 Å². The van der Waals surface area contributed by atoms with Crippen LogP contribution < -0.4 is 15.0 Å². The summed E-state index contributed by atoms with van der Waals surface area (Å²) < 4.78 is 13.6. The lowest BCUT2D eigenvalue weighted by Crippen LogP contribution is -2.24. The molecule has 0 spiro atoms. The average Bonchev–Trinajstić information content (AvgIpc) is 2.76. The van der Waals surface area contributed by atoms with Crippen LogP contribution in [-0.4, -0.2) is 16.3 Å². The Labute approximate surface area is 177 Å². The Morgan fingerprint density at radius 3 is 2.57 bits per heavy atom. The SMILES string of the molecule is C=CCOc1c(OCc2ccccc2)c2ccc(O)cc2n(CCCCCC)c1=O. The summed E-state index contributed by atoms with van der Waals surface area (Å²) in [6.07, 6.45) is 5.77. The van der Waals surface area contributed by atoms with Gasteiger partial charge in [0.15, 0.2) is 5.75 Å². The number of phenolic OH excluding ortho intramolecular Hbond substituents is 1. The smallest absolute Gasteiger partial charge is 0.297 e. The van der Waals surface area contributed by atoms with E-state index in [0.29, 0.717) is 24.4 Å². The number of phenols is 1. The lowest BCUT2D eigenvalue weighted by molar-refractivity contribution is 0.274. The topological polar surface area (TPSA) is 60.7 Å². The summed E-state index contributed by atoms with van der Waals surface area (Å²) in [7, 11) is 0. The molecule has 1 N–H and O–H groups in total. The van der Waals surface area contributed by atoms with Crippen LogP contribution in [-0.2, 0) is 13.2 Å². The van der Waals surface area contributed by atoms with Crippen LogP contribution in [0.15, 0.2) is 66.0 Å². The summed E-state index contributed by atoms with van der Waals surface area (Å²) in [6, 6.07) is 14.7. The van der Waals surface area contributed by atoms with Crippen LogP contribution in [0.5, 0.6) is 17.2 Å². The highest BCUT2D eigenvalue weighted by Gasteiger charge is 2.20. The number of aryl methyl sites for hydroxylation is 1. The molecule has 158 valence electrons. The Balaban J connectivity index is 2.07. The van der Waals surface area contributed by atoms with Gasteiger partial charge in [0.25, 0.3) is 5.56 Å². The number of benzene rings is 2. The third kappa shape index (κ3) is 5.03. The lowest BCUT2D eigenvalue weighted by Gasteiger charge is -2.18. The predicted molar refractivity (Wildman–Crippen MR) is 120 cm³/mol. The Hall–Kier alpha value is -3.21. The van der Waals surface area contributed by atoms with E-state index in [4.69, 9.17) is 9.47 Å². The van der Waals surface area contributed by atoms with Crippen molar-refractivity contribution in [2.24, 2.45) is 0 Å². The fourth-order valence-corrected chi connectivity index (χ4v) is 3.45. The van der Waals surface area contributed by atoms with Gasteiger partial charge in [0.05, 0.1) is 5.52 Å². The standard InChI is InChI=1S/C25H29NO4/c1-3-5-6-10-15-26-22-17-20(27)13-14-21(22)23(24(25(26)28)29-16-4-2)30-18-19-11-8-7-9-12-19/h4,7-9,11-14,17,27H,2-3,5-6,10,15-16,18H2,1H3. The molecule has 30 heavy (non-hydrogen) atoms. The predicted octanol–water partition coefficient (Wildman–Crippen LogP) is 5.43. The van der Waals surface area contributed by atoms with Crippen LogP contribution in [0.3, 0.4) is 0 Å². The third-order valence-electron chi connectivity index (χ3n) is 4.97. The molecule has 0 aliphatic carbocycles. The lowest BCUT2D eigenvalue weighted by atomic mass is 10.1. The number of nitrogens with zero attached hydrogens (tertiary/aromatic N) is 1. The van der Waals surface area contributed by atoms with E-state index in [9.17, 15) is 9.90 Å². The van der Waals surface area contributed by atoms with E-state index in [2.05, 4.69) is 13.5 Å². The highest BCUT2D eigenvalue weighted by Crippen LogP contribution is 2.35. The number of ether oxygens (including phenoxy) is 2. The van der Waals surface area contributed by atoms with E-state index in [-0.39, 0.29) is 23.7 Å². The fraction of sp³-hybridized carbons (Fsp3) is 0.320. The number of aromatic nitrogens is 1. The van der Waals surface area contributed by atoms with Gasteiger partial charge in [-0.15, -0.1) is 0 Å². The summed E-state index contributed by atoms with van der Waals surface area (Å²) in [4.78, 5) is 13.3. The van der Waals surface area contributed by atoms with E-state index in [1.165, 1.54) is 0 Å². The van der Waals surface area contributed by atoms with Crippen LogP contribution >= 0.6 is 0 Å². The zero-order chi connectivity index (χ0) is 21.3. The van der Waals surface area contributed by atoms with Crippen molar-refractivity contribution in [1.29, 1.82) is 0 Å². The number of fused-ring (bicyclic) bond motifs is 1. The quantitative estimate of drug-likeness (QED) is 0.340. The summed E-state index contributed by atoms with van der Waals surface area (Å²) in [6.45, 7) is 6.91. The Bertz CT molecular complexity index is 1040. The van der Waals surface area contributed by atoms with Gasteiger partial charge >= 0.3 is 0 Å². The van der Waals surface area contributed by atoms with E-state index in [1.54, 1.807) is 28.8 Å². The minimum absolute atomic E-state index is 0.109. The van der Waals surface area contributed by atoms with Crippen molar-refractivity contribution in [1.82, 2.24) is 4.57 Å². The molecule has 2 aromatic carbocycles. The molecule has 0 aliphatic rings. The van der Waals surface area contributed by atoms with Crippen molar-refractivity contribution in [2.45, 2.75) is 45.8 Å². The zero-order valence-corrected chi connectivity index (χ0v) is 17.5. The Kier molecular flexibility index (Phi) is 7.55. The highest BCUT2D eigenvalue weighted by molar-refractivity contribution is 5.89. The van der Waals surface area contributed by atoms with Crippen LogP contribution in [0, 0.1) is 0 Å². The summed E-state index contributed by atoms with van der Waals surface area (Å²) in [5.74, 6) is 0.683. The van der Waals surface area contributed by atoms with E-state index in [0.717, 1.165) is 36.6 Å². The molecule has 0 atom stereocenters. The molecule has 0 fully saturated rings. The van der Waals surface area contributed by atoms with Crippen molar-refractivity contribution in [2.75, 3.05) is 6.61 Å². The molecule has 0 unspecified atom stereocenters. The summed E-state index contributed by atoms with van der Waals surface area (Å²) in [5.41, 5.74) is 1.38. The van der Waals surface area contributed by atoms with Crippen molar-refractivity contribution in [3.8, 4) is 17.2 Å². The first-order chi connectivity index (χ1) is 14.7. The van der Waals surface area contributed by atoms with E-state index < -0.39 is 0 Å². The van der Waals surface area contributed by atoms with Crippen molar-refractivity contribution < 1.29 is 14.6 Å². The first kappa shape index (κ1) is 21.5. The monoisotopic (exact) mass is 407 g/mol. The van der Waals surface area contributed by atoms with E-state index in [1.807, 2.05) is 30.3 Å². The van der Waals surface area contributed by atoms with Crippen molar-refractivity contribution in [3.05, 3.63) is 77.1 Å². The molecule has 1 aromatic heterocycles. The van der Waals surface area contributed by atoms with Crippen LogP contribution in [0.2, 0.25) is 0 Å². The second-order valence-corrected chi connectivity index (χ2v) is 7.25. The molecule has 5 heteroatoms. The van der Waals surface area contributed by atoms with Gasteiger partial charge in [0.2, 0.25) is 5.75 Å². The molecule has 0 aliphatic heterocycles. The maximum absolute atomic E-state index is 13.3. The van der Waals surface area contributed by atoms with Crippen molar-refractivity contribution in [3.63, 3.8) is 0 Å². The fourth-order valence-electron chi connectivity index (χ4n) is 3.45. The number of pyridine rings is 1. The van der Waals surface area contributed by atoms with Crippen LogP contribution in [0.25, 0.3) is 10.9 Å². The molecule has 0 radical (unpaired) electrons. The van der Waals surface area contributed by atoms with Gasteiger partial charge in [0, 0.05) is 18.0 Å². The number of hydrogen-bond acceptors (Lipinski definition) is 4. The summed E-state index contributed by atoms with van der Waals surface area (Å²) >= 11 is 0. The molecular formula is C25H29NO4. The minimum Gasteiger partial charge on any atom is -0.508 e. The van der Waals surface area contributed by atoms with Crippen LogP contribution in [0.1, 0.15) is 38.2 Å². The number of unbranched alkanes of at least 4 members (excludes halogenated alkanes) is 3. The molecule has 3 rings (SSSR count). The molecule has 0 amide bonds. The van der Waals surface area contributed by atoms with Gasteiger partial charge in [-0.2, -0.15) is 0 Å². The molecule has 1 heterocycles. The number of aromatic hydroxyl groups is 1. The van der Waals surface area contributed by atoms with E-state index >= 15 is 0 Å².